The molecular weight excluding hydrogens is 251 g/mol. The summed E-state index contributed by atoms with van der Waals surface area (Å²) in [5.41, 5.74) is 0.885. The highest BCUT2D eigenvalue weighted by Gasteiger charge is 2.18. The van der Waals surface area contributed by atoms with E-state index in [1.54, 1.807) is 48.5 Å². The fraction of sp³-hybridized carbons (Fsp3) is 0.133. The van der Waals surface area contributed by atoms with Crippen molar-refractivity contribution in [2.75, 3.05) is 0 Å². The van der Waals surface area contributed by atoms with Crippen LogP contribution in [0.3, 0.4) is 0 Å². The van der Waals surface area contributed by atoms with Gasteiger partial charge in [0.05, 0.1) is 0 Å². The SMILES string of the molecule is O=C(CC(F)c1ccccc1Cl)c1ccccc1. The van der Waals surface area contributed by atoms with Gasteiger partial charge in [-0.25, -0.2) is 4.39 Å². The van der Waals surface area contributed by atoms with Crippen LogP contribution in [-0.4, -0.2) is 5.78 Å². The van der Waals surface area contributed by atoms with Crippen LogP contribution >= 0.6 is 11.6 Å². The molecule has 0 saturated heterocycles. The molecule has 0 aliphatic carbocycles. The van der Waals surface area contributed by atoms with E-state index in [1.165, 1.54) is 0 Å². The summed E-state index contributed by atoms with van der Waals surface area (Å²) in [6.45, 7) is 0. The van der Waals surface area contributed by atoms with Gasteiger partial charge < -0.3 is 0 Å². The lowest BCUT2D eigenvalue weighted by Crippen LogP contribution is -2.04. The van der Waals surface area contributed by atoms with Gasteiger partial charge in [0.2, 0.25) is 0 Å². The molecule has 0 aromatic heterocycles. The summed E-state index contributed by atoms with van der Waals surface area (Å²) in [5.74, 6) is -0.219. The fourth-order valence-corrected chi connectivity index (χ4v) is 2.00. The van der Waals surface area contributed by atoms with Crippen molar-refractivity contribution in [1.82, 2.24) is 0 Å². The highest BCUT2D eigenvalue weighted by molar-refractivity contribution is 6.31. The van der Waals surface area contributed by atoms with Crippen LogP contribution in [0.4, 0.5) is 4.39 Å². The van der Waals surface area contributed by atoms with Crippen molar-refractivity contribution in [2.45, 2.75) is 12.6 Å². The first kappa shape index (κ1) is 12.8. The molecule has 0 spiro atoms. The van der Waals surface area contributed by atoms with Gasteiger partial charge in [-0.2, -0.15) is 0 Å². The third-order valence-corrected chi connectivity index (χ3v) is 3.05. The molecule has 0 radical (unpaired) electrons. The minimum atomic E-state index is -1.37. The molecule has 18 heavy (non-hydrogen) atoms. The number of rotatable bonds is 4. The van der Waals surface area contributed by atoms with Crippen molar-refractivity contribution >= 4 is 17.4 Å². The van der Waals surface area contributed by atoms with Crippen molar-refractivity contribution in [3.05, 3.63) is 70.7 Å². The predicted octanol–water partition coefficient (Wildman–Crippen LogP) is 4.62. The van der Waals surface area contributed by atoms with Gasteiger partial charge in [-0.15, -0.1) is 0 Å². The van der Waals surface area contributed by atoms with E-state index in [-0.39, 0.29) is 12.2 Å². The van der Waals surface area contributed by atoms with E-state index in [9.17, 15) is 9.18 Å². The Balaban J connectivity index is 2.11. The second-order valence-electron chi connectivity index (χ2n) is 3.98. The first-order valence-electron chi connectivity index (χ1n) is 5.65. The van der Waals surface area contributed by atoms with E-state index in [2.05, 4.69) is 0 Å². The van der Waals surface area contributed by atoms with E-state index in [0.717, 1.165) is 0 Å². The highest BCUT2D eigenvalue weighted by Crippen LogP contribution is 2.29. The van der Waals surface area contributed by atoms with Crippen molar-refractivity contribution < 1.29 is 9.18 Å². The summed E-state index contributed by atoms with van der Waals surface area (Å²) in [5, 5.41) is 0.353. The van der Waals surface area contributed by atoms with E-state index >= 15 is 0 Å². The van der Waals surface area contributed by atoms with Crippen molar-refractivity contribution in [3.8, 4) is 0 Å². The number of hydrogen-bond acceptors (Lipinski definition) is 1. The normalized spacial score (nSPS) is 12.1. The van der Waals surface area contributed by atoms with Crippen LogP contribution in [0.15, 0.2) is 54.6 Å². The monoisotopic (exact) mass is 262 g/mol. The van der Waals surface area contributed by atoms with Crippen LogP contribution < -0.4 is 0 Å². The lowest BCUT2D eigenvalue weighted by Gasteiger charge is -2.09. The molecule has 0 fully saturated rings. The van der Waals surface area contributed by atoms with Gasteiger partial charge in [-0.1, -0.05) is 60.1 Å². The van der Waals surface area contributed by atoms with Gasteiger partial charge in [0.15, 0.2) is 5.78 Å². The molecule has 0 aliphatic heterocycles. The molecule has 3 heteroatoms. The lowest BCUT2D eigenvalue weighted by atomic mass is 10.0. The second kappa shape index (κ2) is 5.78. The zero-order chi connectivity index (χ0) is 13.0. The maximum atomic E-state index is 14.0. The molecule has 2 rings (SSSR count). The van der Waals surface area contributed by atoms with Gasteiger partial charge in [-0.3, -0.25) is 4.79 Å². The molecule has 2 aromatic rings. The molecule has 1 nitrogen and oxygen atoms in total. The smallest absolute Gasteiger partial charge is 0.166 e. The zero-order valence-electron chi connectivity index (χ0n) is 9.64. The Bertz CT molecular complexity index is 539. The molecule has 0 saturated carbocycles. The summed E-state index contributed by atoms with van der Waals surface area (Å²) >= 11 is 5.90. The maximum absolute atomic E-state index is 14.0. The minimum absolute atomic E-state index is 0.187. The number of benzene rings is 2. The number of hydrogen-bond donors (Lipinski definition) is 0. The zero-order valence-corrected chi connectivity index (χ0v) is 10.4. The van der Waals surface area contributed by atoms with E-state index in [4.69, 9.17) is 11.6 Å². The molecule has 0 N–H and O–H groups in total. The van der Waals surface area contributed by atoms with Crippen LogP contribution in [0.1, 0.15) is 28.5 Å². The van der Waals surface area contributed by atoms with Crippen LogP contribution in [0.5, 0.6) is 0 Å². The van der Waals surface area contributed by atoms with Crippen molar-refractivity contribution in [3.63, 3.8) is 0 Å². The Hall–Kier alpha value is -1.67. The summed E-state index contributed by atoms with van der Waals surface area (Å²) < 4.78 is 14.0. The summed E-state index contributed by atoms with van der Waals surface area (Å²) in [7, 11) is 0. The topological polar surface area (TPSA) is 17.1 Å². The third-order valence-electron chi connectivity index (χ3n) is 2.70. The Morgan fingerprint density at radius 2 is 1.67 bits per heavy atom. The van der Waals surface area contributed by atoms with Gasteiger partial charge in [0.25, 0.3) is 0 Å². The molecule has 1 unspecified atom stereocenters. The Morgan fingerprint density at radius 1 is 1.06 bits per heavy atom. The molecule has 92 valence electrons. The summed E-state index contributed by atoms with van der Waals surface area (Å²) in [6, 6.07) is 15.4. The number of ketones is 1. The van der Waals surface area contributed by atoms with Crippen molar-refractivity contribution in [2.24, 2.45) is 0 Å². The number of Topliss-reactive ketones (excluding diaryl/α,β-unsaturated/α-hetero) is 1. The average Bonchev–Trinajstić information content (AvgIpc) is 2.40. The van der Waals surface area contributed by atoms with Crippen LogP contribution in [0, 0.1) is 0 Å². The molecule has 2 aromatic carbocycles. The average molecular weight is 263 g/mol. The Morgan fingerprint density at radius 3 is 2.33 bits per heavy atom. The Labute approximate surface area is 110 Å². The number of carbonyl (C=O) groups is 1. The molecule has 0 aliphatic rings. The van der Waals surface area contributed by atoms with Crippen LogP contribution in [-0.2, 0) is 0 Å². The van der Waals surface area contributed by atoms with E-state index in [0.29, 0.717) is 16.1 Å². The first-order chi connectivity index (χ1) is 8.68. The van der Waals surface area contributed by atoms with Gasteiger partial charge in [0.1, 0.15) is 6.17 Å². The van der Waals surface area contributed by atoms with E-state index < -0.39 is 6.17 Å². The van der Waals surface area contributed by atoms with Gasteiger partial charge in [-0.05, 0) is 6.07 Å². The van der Waals surface area contributed by atoms with Crippen LogP contribution in [0.2, 0.25) is 5.02 Å². The molecule has 1 atom stereocenters. The van der Waals surface area contributed by atoms with Crippen molar-refractivity contribution in [1.29, 1.82) is 0 Å². The highest BCUT2D eigenvalue weighted by atomic mass is 35.5. The molecular formula is C15H12ClFO. The Kier molecular flexibility index (Phi) is 4.11. The quantitative estimate of drug-likeness (QED) is 0.735. The van der Waals surface area contributed by atoms with Crippen LogP contribution in [0.25, 0.3) is 0 Å². The molecule has 0 bridgehead atoms. The fourth-order valence-electron chi connectivity index (χ4n) is 1.74. The minimum Gasteiger partial charge on any atom is -0.294 e. The van der Waals surface area contributed by atoms with E-state index in [1.807, 2.05) is 6.07 Å². The number of alkyl halides is 1. The number of carbonyl (C=O) groups excluding carboxylic acids is 1. The maximum Gasteiger partial charge on any atom is 0.166 e. The summed E-state index contributed by atoms with van der Waals surface area (Å²) in [6.07, 6.45) is -1.56. The number of halogens is 2. The van der Waals surface area contributed by atoms with Gasteiger partial charge in [0, 0.05) is 22.6 Å². The largest absolute Gasteiger partial charge is 0.294 e. The first-order valence-corrected chi connectivity index (χ1v) is 6.03. The summed E-state index contributed by atoms with van der Waals surface area (Å²) in [4.78, 5) is 11.9. The van der Waals surface area contributed by atoms with Gasteiger partial charge >= 0.3 is 0 Å². The molecule has 0 amide bonds. The second-order valence-corrected chi connectivity index (χ2v) is 4.39. The predicted molar refractivity (Wildman–Crippen MR) is 70.7 cm³/mol. The third kappa shape index (κ3) is 2.96. The standard InChI is InChI=1S/C15H12ClFO/c16-13-9-5-4-8-12(13)14(17)10-15(18)11-6-2-1-3-7-11/h1-9,14H,10H2. The lowest BCUT2D eigenvalue weighted by molar-refractivity contribution is 0.0947. The molecule has 0 heterocycles.